The van der Waals surface area contributed by atoms with Gasteiger partial charge in [0.1, 0.15) is 39.6 Å². The lowest BCUT2D eigenvalue weighted by Crippen LogP contribution is -2.39. The summed E-state index contributed by atoms with van der Waals surface area (Å²) in [4.78, 5) is 97.2. The van der Waals surface area contributed by atoms with Gasteiger partial charge in [-0.15, -0.1) is 0 Å². The lowest BCUT2D eigenvalue weighted by atomic mass is 9.86. The highest BCUT2D eigenvalue weighted by molar-refractivity contribution is 5.76. The quantitative estimate of drug-likeness (QED) is 0.0341. The number of hydrogen-bond donors (Lipinski definition) is 5. The van der Waals surface area contributed by atoms with Crippen molar-refractivity contribution in [3.8, 4) is 0 Å². The number of rotatable bonds is 37. The molecular formula is C42H73N3O16. The van der Waals surface area contributed by atoms with E-state index in [-0.39, 0.29) is 122 Å². The van der Waals surface area contributed by atoms with Crippen molar-refractivity contribution >= 4 is 47.8 Å². The molecule has 19 nitrogen and oxygen atoms in total. The van der Waals surface area contributed by atoms with Crippen LogP contribution in [-0.2, 0) is 66.8 Å². The van der Waals surface area contributed by atoms with E-state index in [1.807, 2.05) is 13.8 Å². The van der Waals surface area contributed by atoms with Crippen molar-refractivity contribution < 1.29 is 77.0 Å². The van der Waals surface area contributed by atoms with Gasteiger partial charge in [-0.25, -0.2) is 0 Å². The molecule has 0 aliphatic heterocycles. The molecular weight excluding hydrogens is 802 g/mol. The van der Waals surface area contributed by atoms with Crippen LogP contribution in [0.5, 0.6) is 0 Å². The summed E-state index contributed by atoms with van der Waals surface area (Å²) < 4.78 is 32.3. The Morgan fingerprint density at radius 2 is 0.836 bits per heavy atom. The maximum absolute atomic E-state index is 12.7. The Morgan fingerprint density at radius 1 is 0.459 bits per heavy atom. The second-order valence-corrected chi connectivity index (χ2v) is 15.3. The molecule has 5 N–H and O–H groups in total. The van der Waals surface area contributed by atoms with E-state index in [1.165, 1.54) is 6.92 Å². The highest BCUT2D eigenvalue weighted by atomic mass is 16.6. The summed E-state index contributed by atoms with van der Waals surface area (Å²) in [6.45, 7) is 13.5. The fraction of sp³-hybridized carbons (Fsp3) is 0.810. The van der Waals surface area contributed by atoms with Gasteiger partial charge in [0, 0.05) is 39.3 Å². The minimum Gasteiger partial charge on any atom is -0.481 e. The highest BCUT2D eigenvalue weighted by Crippen LogP contribution is 2.26. The monoisotopic (exact) mass is 875 g/mol. The van der Waals surface area contributed by atoms with E-state index >= 15 is 0 Å². The molecule has 0 heterocycles. The number of carbonyl (C=O) groups excluding carboxylic acids is 6. The van der Waals surface area contributed by atoms with E-state index < -0.39 is 59.0 Å². The summed E-state index contributed by atoms with van der Waals surface area (Å²) in [6.07, 6.45) is 1.75. The first-order valence-electron chi connectivity index (χ1n) is 21.5. The highest BCUT2D eigenvalue weighted by Gasteiger charge is 2.34. The van der Waals surface area contributed by atoms with Crippen molar-refractivity contribution in [1.29, 1.82) is 0 Å². The van der Waals surface area contributed by atoms with Gasteiger partial charge in [0.2, 0.25) is 0 Å². The van der Waals surface area contributed by atoms with Gasteiger partial charge in [-0.1, -0.05) is 48.5 Å². The predicted molar refractivity (Wildman–Crippen MR) is 221 cm³/mol. The van der Waals surface area contributed by atoms with Crippen LogP contribution in [0.3, 0.4) is 0 Å². The van der Waals surface area contributed by atoms with Crippen LogP contribution in [0.2, 0.25) is 0 Å². The van der Waals surface area contributed by atoms with Gasteiger partial charge in [-0.05, 0) is 38.5 Å². The molecule has 352 valence electrons. The minimum atomic E-state index is -1.18. The zero-order chi connectivity index (χ0) is 46.2. The number of esters is 6. The molecule has 0 bridgehead atoms. The molecule has 0 aromatic heterocycles. The van der Waals surface area contributed by atoms with E-state index in [4.69, 9.17) is 33.5 Å². The molecule has 0 aliphatic carbocycles. The normalized spacial score (nSPS) is 14.5. The number of hydrogen-bond acceptors (Lipinski definition) is 17. The summed E-state index contributed by atoms with van der Waals surface area (Å²) in [5.74, 6) is -8.13. The molecule has 0 aliphatic rings. The Kier molecular flexibility index (Phi) is 30.9. The molecule has 19 heteroatoms. The van der Waals surface area contributed by atoms with Crippen LogP contribution in [0.4, 0.5) is 0 Å². The van der Waals surface area contributed by atoms with Crippen LogP contribution >= 0.6 is 0 Å². The zero-order valence-corrected chi connectivity index (χ0v) is 37.3. The molecule has 0 aromatic rings. The molecule has 5 unspecified atom stereocenters. The summed E-state index contributed by atoms with van der Waals surface area (Å²) >= 11 is 0. The third-order valence-corrected chi connectivity index (χ3v) is 10.3. The molecule has 0 saturated carbocycles. The van der Waals surface area contributed by atoms with Gasteiger partial charge in [-0.3, -0.25) is 38.4 Å². The number of carboxylic acids is 2. The van der Waals surface area contributed by atoms with Crippen LogP contribution in [0.1, 0.15) is 106 Å². The van der Waals surface area contributed by atoms with Crippen LogP contribution < -0.4 is 16.0 Å². The Balaban J connectivity index is 5.06. The number of carbonyl (C=O) groups is 8. The van der Waals surface area contributed by atoms with Crippen LogP contribution in [0.15, 0.2) is 0 Å². The molecule has 0 saturated heterocycles. The van der Waals surface area contributed by atoms with Crippen molar-refractivity contribution in [2.75, 3.05) is 78.9 Å². The number of ether oxygens (including phenoxy) is 6. The first kappa shape index (κ1) is 56.6. The standard InChI is InChI=1S/C42H73N3O16/c1-8-29(5)39(53)56-21-18-43-15-12-34(46)59-26-42(11-4,27-60-35(47)13-16-44-19-22-57-40(54)30(6)9-2)28-61-36(48)14-17-45-20-23-58-41(55)32(10-3)25-33(38(51)52)24-31(7)37(49)50/h29-33,43-45H,8-28H2,1-7H3,(H,49,50)(H,51,52). The lowest BCUT2D eigenvalue weighted by molar-refractivity contribution is -0.163. The van der Waals surface area contributed by atoms with Crippen LogP contribution in [0.25, 0.3) is 0 Å². The van der Waals surface area contributed by atoms with Crippen molar-refractivity contribution in [3.05, 3.63) is 0 Å². The Hall–Kier alpha value is -4.36. The molecule has 61 heavy (non-hydrogen) atoms. The zero-order valence-electron chi connectivity index (χ0n) is 37.3. The molecule has 5 atom stereocenters. The Bertz CT molecular complexity index is 1300. The fourth-order valence-electron chi connectivity index (χ4n) is 5.30. The van der Waals surface area contributed by atoms with Crippen molar-refractivity contribution in [1.82, 2.24) is 16.0 Å². The van der Waals surface area contributed by atoms with E-state index in [9.17, 15) is 43.5 Å². The summed E-state index contributed by atoms with van der Waals surface area (Å²) in [7, 11) is 0. The van der Waals surface area contributed by atoms with Gasteiger partial charge < -0.3 is 54.6 Å². The van der Waals surface area contributed by atoms with E-state index in [1.54, 1.807) is 27.7 Å². The molecule has 0 fully saturated rings. The number of carboxylic acid groups (broad SMARTS) is 2. The first-order valence-corrected chi connectivity index (χ1v) is 21.5. The topological polar surface area (TPSA) is 268 Å². The minimum absolute atomic E-state index is 0.00597. The second kappa shape index (κ2) is 33.3. The number of nitrogens with one attached hydrogen (secondary N) is 3. The van der Waals surface area contributed by atoms with Crippen molar-refractivity contribution in [2.45, 2.75) is 106 Å². The molecule has 0 radical (unpaired) electrons. The van der Waals surface area contributed by atoms with Gasteiger partial charge in [-0.2, -0.15) is 0 Å². The van der Waals surface area contributed by atoms with E-state index in [0.29, 0.717) is 38.8 Å². The van der Waals surface area contributed by atoms with Crippen LogP contribution in [0, 0.1) is 35.0 Å². The van der Waals surface area contributed by atoms with Gasteiger partial charge in [0.15, 0.2) is 0 Å². The van der Waals surface area contributed by atoms with Gasteiger partial charge in [0.25, 0.3) is 0 Å². The van der Waals surface area contributed by atoms with Crippen LogP contribution in [-0.4, -0.2) is 137 Å². The summed E-state index contributed by atoms with van der Waals surface area (Å²) in [5, 5.41) is 27.7. The Labute approximate surface area is 360 Å². The van der Waals surface area contributed by atoms with Crippen molar-refractivity contribution in [3.63, 3.8) is 0 Å². The van der Waals surface area contributed by atoms with Gasteiger partial charge in [0.05, 0.1) is 54.3 Å². The SMILES string of the molecule is CCC(C)C(=O)OCCNCCC(=O)OCC(CC)(COC(=O)CCNCCOC(=O)C(C)CC)COC(=O)CCNCCOC(=O)C(CC)CC(CC(C)C(=O)O)C(=O)O. The fourth-order valence-corrected chi connectivity index (χ4v) is 5.30. The molecule has 0 amide bonds. The summed E-state index contributed by atoms with van der Waals surface area (Å²) in [5.41, 5.74) is -1.06. The maximum atomic E-state index is 12.7. The largest absolute Gasteiger partial charge is 0.481 e. The van der Waals surface area contributed by atoms with E-state index in [2.05, 4.69) is 16.0 Å². The first-order chi connectivity index (χ1) is 28.9. The van der Waals surface area contributed by atoms with E-state index in [0.717, 1.165) is 0 Å². The molecule has 0 aromatic carbocycles. The molecule has 0 spiro atoms. The average Bonchev–Trinajstić information content (AvgIpc) is 3.24. The van der Waals surface area contributed by atoms with Crippen molar-refractivity contribution in [2.24, 2.45) is 35.0 Å². The summed E-state index contributed by atoms with van der Waals surface area (Å²) in [6, 6.07) is 0. The average molecular weight is 876 g/mol. The predicted octanol–water partition coefficient (Wildman–Crippen LogP) is 2.90. The third kappa shape index (κ3) is 26.6. The Morgan fingerprint density at radius 3 is 1.15 bits per heavy atom. The second-order valence-electron chi connectivity index (χ2n) is 15.3. The lowest BCUT2D eigenvalue weighted by Gasteiger charge is -2.31. The van der Waals surface area contributed by atoms with Gasteiger partial charge >= 0.3 is 47.8 Å². The number of aliphatic carboxylic acids is 2. The third-order valence-electron chi connectivity index (χ3n) is 10.3. The maximum Gasteiger partial charge on any atom is 0.308 e. The smallest absolute Gasteiger partial charge is 0.308 e. The molecule has 0 rings (SSSR count).